The van der Waals surface area contributed by atoms with Crippen molar-refractivity contribution in [2.75, 3.05) is 19.0 Å². The molecule has 1 N–H and O–H groups in total. The number of anilines is 1. The standard InChI is InChI=1S/C16H18FNO/c1-12-4-3-5-15(17)16(12)18-11-10-13-6-8-14(19-2)9-7-13/h3-9,18H,10-11H2,1-2H3. The van der Waals surface area contributed by atoms with Crippen LogP contribution >= 0.6 is 0 Å². The van der Waals surface area contributed by atoms with Gasteiger partial charge in [0.15, 0.2) is 0 Å². The van der Waals surface area contributed by atoms with E-state index in [-0.39, 0.29) is 5.82 Å². The van der Waals surface area contributed by atoms with Gasteiger partial charge < -0.3 is 10.1 Å². The van der Waals surface area contributed by atoms with Crippen molar-refractivity contribution in [1.82, 2.24) is 0 Å². The number of para-hydroxylation sites is 1. The lowest BCUT2D eigenvalue weighted by Gasteiger charge is -2.10. The van der Waals surface area contributed by atoms with Crippen LogP contribution in [0.15, 0.2) is 42.5 Å². The Morgan fingerprint density at radius 3 is 2.47 bits per heavy atom. The molecular weight excluding hydrogens is 241 g/mol. The number of benzene rings is 2. The van der Waals surface area contributed by atoms with Crippen molar-refractivity contribution in [2.24, 2.45) is 0 Å². The molecule has 0 aliphatic heterocycles. The molecule has 0 unspecified atom stereocenters. The summed E-state index contributed by atoms with van der Waals surface area (Å²) < 4.78 is 18.7. The van der Waals surface area contributed by atoms with Gasteiger partial charge in [0.1, 0.15) is 11.6 Å². The van der Waals surface area contributed by atoms with Gasteiger partial charge in [-0.05, 0) is 42.7 Å². The number of ether oxygens (including phenoxy) is 1. The smallest absolute Gasteiger partial charge is 0.146 e. The Kier molecular flexibility index (Phi) is 4.39. The van der Waals surface area contributed by atoms with Gasteiger partial charge in [0.2, 0.25) is 0 Å². The molecule has 0 aromatic heterocycles. The molecule has 0 bridgehead atoms. The van der Waals surface area contributed by atoms with Crippen molar-refractivity contribution in [2.45, 2.75) is 13.3 Å². The molecule has 3 heteroatoms. The van der Waals surface area contributed by atoms with E-state index < -0.39 is 0 Å². The number of rotatable bonds is 5. The van der Waals surface area contributed by atoms with Crippen LogP contribution in [0.4, 0.5) is 10.1 Å². The maximum atomic E-state index is 13.6. The zero-order chi connectivity index (χ0) is 13.7. The Balaban J connectivity index is 1.92. The van der Waals surface area contributed by atoms with Crippen molar-refractivity contribution < 1.29 is 9.13 Å². The summed E-state index contributed by atoms with van der Waals surface area (Å²) in [5.74, 6) is 0.649. The van der Waals surface area contributed by atoms with Crippen LogP contribution in [0.1, 0.15) is 11.1 Å². The van der Waals surface area contributed by atoms with Crippen LogP contribution in [0.5, 0.6) is 5.75 Å². The fraction of sp³-hybridized carbons (Fsp3) is 0.250. The van der Waals surface area contributed by atoms with E-state index >= 15 is 0 Å². The van der Waals surface area contributed by atoms with Gasteiger partial charge in [-0.2, -0.15) is 0 Å². The van der Waals surface area contributed by atoms with Gasteiger partial charge in [0.05, 0.1) is 12.8 Å². The summed E-state index contributed by atoms with van der Waals surface area (Å²) in [5.41, 5.74) is 2.72. The molecule has 0 amide bonds. The van der Waals surface area contributed by atoms with Crippen LogP contribution in [-0.4, -0.2) is 13.7 Å². The first-order valence-electron chi connectivity index (χ1n) is 6.32. The first kappa shape index (κ1) is 13.4. The van der Waals surface area contributed by atoms with E-state index in [0.717, 1.165) is 17.7 Å². The Labute approximate surface area is 113 Å². The van der Waals surface area contributed by atoms with Crippen LogP contribution < -0.4 is 10.1 Å². The molecule has 0 aliphatic rings. The second-order valence-corrected chi connectivity index (χ2v) is 4.46. The first-order valence-corrected chi connectivity index (χ1v) is 6.32. The normalized spacial score (nSPS) is 10.3. The third kappa shape index (κ3) is 3.47. The molecule has 0 heterocycles. The van der Waals surface area contributed by atoms with Crippen molar-refractivity contribution in [3.8, 4) is 5.75 Å². The number of halogens is 1. The van der Waals surface area contributed by atoms with Crippen LogP contribution in [0.3, 0.4) is 0 Å². The summed E-state index contributed by atoms with van der Waals surface area (Å²) in [5, 5.41) is 3.15. The predicted molar refractivity (Wildman–Crippen MR) is 76.3 cm³/mol. The maximum Gasteiger partial charge on any atom is 0.146 e. The summed E-state index contributed by atoms with van der Waals surface area (Å²) in [6, 6.07) is 13.0. The minimum Gasteiger partial charge on any atom is -0.497 e. The molecule has 19 heavy (non-hydrogen) atoms. The van der Waals surface area contributed by atoms with Crippen molar-refractivity contribution in [3.05, 3.63) is 59.4 Å². The quantitative estimate of drug-likeness (QED) is 0.882. The van der Waals surface area contributed by atoms with Gasteiger partial charge in [0.25, 0.3) is 0 Å². The highest BCUT2D eigenvalue weighted by Gasteiger charge is 2.03. The Bertz CT molecular complexity index is 517. The van der Waals surface area contributed by atoms with E-state index in [1.807, 2.05) is 37.3 Å². The molecule has 0 fully saturated rings. The molecule has 0 spiro atoms. The Morgan fingerprint density at radius 2 is 1.84 bits per heavy atom. The Morgan fingerprint density at radius 1 is 1.11 bits per heavy atom. The highest BCUT2D eigenvalue weighted by Crippen LogP contribution is 2.18. The lowest BCUT2D eigenvalue weighted by atomic mass is 10.1. The highest BCUT2D eigenvalue weighted by molar-refractivity contribution is 5.51. The number of hydrogen-bond acceptors (Lipinski definition) is 2. The van der Waals surface area contributed by atoms with Gasteiger partial charge in [0, 0.05) is 6.54 Å². The van der Waals surface area contributed by atoms with E-state index in [4.69, 9.17) is 4.74 Å². The Hall–Kier alpha value is -2.03. The summed E-state index contributed by atoms with van der Waals surface area (Å²) in [6.07, 6.45) is 0.845. The van der Waals surface area contributed by atoms with Gasteiger partial charge in [-0.15, -0.1) is 0 Å². The first-order chi connectivity index (χ1) is 9.20. The zero-order valence-electron chi connectivity index (χ0n) is 11.2. The highest BCUT2D eigenvalue weighted by atomic mass is 19.1. The minimum absolute atomic E-state index is 0.199. The summed E-state index contributed by atoms with van der Waals surface area (Å²) in [4.78, 5) is 0. The molecule has 0 atom stereocenters. The molecule has 0 saturated heterocycles. The van der Waals surface area contributed by atoms with Gasteiger partial charge in [-0.3, -0.25) is 0 Å². The summed E-state index contributed by atoms with van der Waals surface area (Å²) in [7, 11) is 1.65. The van der Waals surface area contributed by atoms with Crippen LogP contribution in [0.2, 0.25) is 0 Å². The monoisotopic (exact) mass is 259 g/mol. The molecule has 2 aromatic carbocycles. The molecule has 2 nitrogen and oxygen atoms in total. The van der Waals surface area contributed by atoms with Crippen molar-refractivity contribution in [1.29, 1.82) is 0 Å². The van der Waals surface area contributed by atoms with Crippen molar-refractivity contribution >= 4 is 5.69 Å². The van der Waals surface area contributed by atoms with Gasteiger partial charge >= 0.3 is 0 Å². The molecule has 100 valence electrons. The third-order valence-electron chi connectivity index (χ3n) is 3.10. The molecule has 0 saturated carbocycles. The molecular formula is C16H18FNO. The van der Waals surface area contributed by atoms with E-state index in [1.165, 1.54) is 11.6 Å². The largest absolute Gasteiger partial charge is 0.497 e. The number of aryl methyl sites for hydroxylation is 1. The topological polar surface area (TPSA) is 21.3 Å². The van der Waals surface area contributed by atoms with Crippen LogP contribution in [-0.2, 0) is 6.42 Å². The lowest BCUT2D eigenvalue weighted by Crippen LogP contribution is -2.07. The fourth-order valence-electron chi connectivity index (χ4n) is 1.98. The van der Waals surface area contributed by atoms with Gasteiger partial charge in [-0.25, -0.2) is 4.39 Å². The molecule has 2 aromatic rings. The number of methoxy groups -OCH3 is 1. The maximum absolute atomic E-state index is 13.6. The number of hydrogen-bond donors (Lipinski definition) is 1. The van der Waals surface area contributed by atoms with E-state index in [0.29, 0.717) is 12.2 Å². The third-order valence-corrected chi connectivity index (χ3v) is 3.10. The summed E-state index contributed by atoms with van der Waals surface area (Å²) >= 11 is 0. The van der Waals surface area contributed by atoms with Gasteiger partial charge in [-0.1, -0.05) is 24.3 Å². The predicted octanol–water partition coefficient (Wildman–Crippen LogP) is 3.80. The second kappa shape index (κ2) is 6.23. The SMILES string of the molecule is COc1ccc(CCNc2c(C)cccc2F)cc1. The molecule has 0 aliphatic carbocycles. The fourth-order valence-corrected chi connectivity index (χ4v) is 1.98. The number of nitrogens with one attached hydrogen (secondary N) is 1. The zero-order valence-corrected chi connectivity index (χ0v) is 11.2. The van der Waals surface area contributed by atoms with Crippen LogP contribution in [0, 0.1) is 12.7 Å². The van der Waals surface area contributed by atoms with E-state index in [1.54, 1.807) is 13.2 Å². The van der Waals surface area contributed by atoms with E-state index in [9.17, 15) is 4.39 Å². The second-order valence-electron chi connectivity index (χ2n) is 4.46. The van der Waals surface area contributed by atoms with E-state index in [2.05, 4.69) is 5.32 Å². The minimum atomic E-state index is -0.199. The lowest BCUT2D eigenvalue weighted by molar-refractivity contribution is 0.414. The molecule has 0 radical (unpaired) electrons. The average Bonchev–Trinajstić information content (AvgIpc) is 2.43. The average molecular weight is 259 g/mol. The summed E-state index contributed by atoms with van der Waals surface area (Å²) in [6.45, 7) is 2.60. The van der Waals surface area contributed by atoms with Crippen LogP contribution in [0.25, 0.3) is 0 Å². The molecule has 2 rings (SSSR count). The van der Waals surface area contributed by atoms with Crippen molar-refractivity contribution in [3.63, 3.8) is 0 Å².